The number of rotatable bonds is 7. The third-order valence-electron chi connectivity index (χ3n) is 5.86. The number of carboxylic acids is 1. The van der Waals surface area contributed by atoms with Crippen LogP contribution in [-0.4, -0.2) is 93.8 Å². The molecule has 0 amide bonds. The van der Waals surface area contributed by atoms with Crippen molar-refractivity contribution in [2.24, 2.45) is 0 Å². The van der Waals surface area contributed by atoms with Crippen LogP contribution in [0.3, 0.4) is 0 Å². The van der Waals surface area contributed by atoms with Crippen LogP contribution in [0.4, 0.5) is 20.2 Å². The van der Waals surface area contributed by atoms with E-state index in [0.29, 0.717) is 12.8 Å². The number of halogens is 2. The van der Waals surface area contributed by atoms with Crippen LogP contribution in [0, 0.1) is 11.6 Å². The molecule has 2 aliphatic rings. The number of hydrogen-bond acceptors (Lipinski definition) is 8. The van der Waals surface area contributed by atoms with Crippen molar-refractivity contribution in [3.63, 3.8) is 0 Å². The fraction of sp³-hybridized carbons (Fsp3) is 0.440. The van der Waals surface area contributed by atoms with Crippen molar-refractivity contribution in [2.75, 3.05) is 54.5 Å². The van der Waals surface area contributed by atoms with Gasteiger partial charge >= 0.3 is 51.2 Å². The van der Waals surface area contributed by atoms with Crippen molar-refractivity contribution in [1.29, 1.82) is 0 Å². The van der Waals surface area contributed by atoms with E-state index >= 15 is 0 Å². The summed E-state index contributed by atoms with van der Waals surface area (Å²) in [7, 11) is -7.76. The molecule has 0 aliphatic carbocycles. The van der Waals surface area contributed by atoms with E-state index in [0.717, 1.165) is 29.4 Å². The smallest absolute Gasteiger partial charge is 0.870 e. The van der Waals surface area contributed by atoms with Gasteiger partial charge in [0.2, 0.25) is 0 Å². The van der Waals surface area contributed by atoms with E-state index in [1.165, 1.54) is 36.4 Å². The molecule has 0 radical (unpaired) electrons. The Hall–Kier alpha value is -2.78. The molecule has 4 rings (SSSR count). The fourth-order valence-electron chi connectivity index (χ4n) is 4.13. The summed E-state index contributed by atoms with van der Waals surface area (Å²) in [6.45, 7) is 1.79. The minimum absolute atomic E-state index is 0. The van der Waals surface area contributed by atoms with Crippen molar-refractivity contribution in [2.45, 2.75) is 27.2 Å². The quantitative estimate of drug-likeness (QED) is 0.301. The monoisotopic (exact) mass is 644 g/mol. The predicted octanol–water partition coefficient (Wildman–Crippen LogP) is -0.724. The van der Waals surface area contributed by atoms with E-state index < -0.39 is 50.5 Å². The van der Waals surface area contributed by atoms with Gasteiger partial charge in [-0.15, -0.1) is 0 Å². The van der Waals surface area contributed by atoms with E-state index in [2.05, 4.69) is 0 Å². The molecule has 0 saturated carbocycles. The number of aliphatic carboxylic acids is 1. The predicted molar refractivity (Wildman–Crippen MR) is 151 cm³/mol. The van der Waals surface area contributed by atoms with Crippen LogP contribution in [0.1, 0.15) is 27.2 Å². The van der Waals surface area contributed by atoms with Gasteiger partial charge in [0.1, 0.15) is 24.7 Å². The zero-order valence-electron chi connectivity index (χ0n) is 23.1. The van der Waals surface area contributed by atoms with Gasteiger partial charge in [0.05, 0.1) is 18.0 Å². The second-order valence-electron chi connectivity index (χ2n) is 8.69. The minimum atomic E-state index is -3.91. The first kappa shape index (κ1) is 40.2. The number of carbonyl (C=O) groups excluding carboxylic acids is 1. The van der Waals surface area contributed by atoms with E-state index in [1.807, 2.05) is 0 Å². The summed E-state index contributed by atoms with van der Waals surface area (Å²) in [5, 5.41) is 8.71. The molecule has 0 atom stereocenters. The average molecular weight is 645 g/mol. The van der Waals surface area contributed by atoms with Gasteiger partial charge < -0.3 is 15.3 Å². The number of nitrogens with zero attached hydrogens (tertiary/aromatic N) is 4. The summed E-state index contributed by atoms with van der Waals surface area (Å²) in [4.78, 5) is 22.2. The van der Waals surface area contributed by atoms with Gasteiger partial charge in [0.15, 0.2) is 0 Å². The van der Waals surface area contributed by atoms with Gasteiger partial charge in [0, 0.05) is 26.2 Å². The Bertz CT molecular complexity index is 1440. The molecule has 2 fully saturated rings. The summed E-state index contributed by atoms with van der Waals surface area (Å²) >= 11 is 0. The van der Waals surface area contributed by atoms with Gasteiger partial charge in [-0.2, -0.15) is 25.4 Å². The third-order valence-corrected chi connectivity index (χ3v) is 9.69. The van der Waals surface area contributed by atoms with Crippen molar-refractivity contribution in [3.8, 4) is 0 Å². The first-order valence-corrected chi connectivity index (χ1v) is 15.1. The van der Waals surface area contributed by atoms with Crippen LogP contribution in [0.5, 0.6) is 0 Å². The first-order valence-electron chi connectivity index (χ1n) is 12.3. The molecule has 0 spiro atoms. The van der Waals surface area contributed by atoms with Gasteiger partial charge in [-0.1, -0.05) is 19.6 Å². The number of carbonyl (C=O) groups is 2. The molecule has 2 heterocycles. The normalized spacial score (nSPS) is 17.6. The topological polar surface area (TPSA) is 175 Å². The molecular weight excluding hydrogens is 609 g/mol. The van der Waals surface area contributed by atoms with Crippen LogP contribution in [0.25, 0.3) is 0 Å². The summed E-state index contributed by atoms with van der Waals surface area (Å²) in [5.74, 6) is -2.86. The zero-order valence-corrected chi connectivity index (χ0v) is 24.7. The van der Waals surface area contributed by atoms with Crippen molar-refractivity contribution >= 4 is 43.7 Å². The van der Waals surface area contributed by atoms with Gasteiger partial charge in [-0.05, 0) is 56.2 Å². The number of carboxylic acid groups (broad SMARTS) is 1. The maximum Gasteiger partial charge on any atom is 1.00 e. The molecular formula is C25H35F2LiN4O9S2. The molecule has 2 aromatic carbocycles. The van der Waals surface area contributed by atoms with E-state index in [4.69, 9.17) is 9.84 Å². The third kappa shape index (κ3) is 10.4. The average Bonchev–Trinajstić information content (AvgIpc) is 2.86. The molecule has 43 heavy (non-hydrogen) atoms. The van der Waals surface area contributed by atoms with Gasteiger partial charge in [0.25, 0.3) is 0 Å². The van der Waals surface area contributed by atoms with Crippen LogP contribution in [0.15, 0.2) is 48.5 Å². The SMILES string of the molecule is C.CCOC(=O)CN1CCCN(c2cccc(F)c2)S1(=O)=O.O=C(O)CN1CCCN(c2cccc(F)c2)S1(=O)=O.[Li+].[OH-]. The molecule has 0 unspecified atom stereocenters. The maximum atomic E-state index is 13.3. The minimum Gasteiger partial charge on any atom is -0.870 e. The van der Waals surface area contributed by atoms with Crippen molar-refractivity contribution < 1.29 is 69.4 Å². The maximum absolute atomic E-state index is 13.3. The van der Waals surface area contributed by atoms with E-state index in [9.17, 15) is 35.2 Å². The summed E-state index contributed by atoms with van der Waals surface area (Å²) in [6, 6.07) is 10.6. The number of esters is 1. The standard InChI is InChI=1S/C13H17FN2O4S.C11H13FN2O4S.CH4.Li.H2O/c1-2-20-13(17)10-15-7-4-8-16(21(15,18)19)12-6-3-5-11(14)9-12;12-9-3-1-4-10(7-9)14-6-2-5-13(8-11(15)16)19(14,17)18;;;/h3,5-6,9H,2,4,7-8,10H2,1H3;1,3-4,7H,2,5-6,8H2,(H,15,16);1H4;;1H2/q;;;+1;/p-1. The number of hydrogen-bond donors (Lipinski definition) is 1. The van der Waals surface area contributed by atoms with Crippen LogP contribution < -0.4 is 27.5 Å². The Kier molecular flexibility index (Phi) is 16.4. The molecule has 0 aromatic heterocycles. The zero-order chi connectivity index (χ0) is 29.5. The Balaban J connectivity index is 0.000000770. The van der Waals surface area contributed by atoms with Gasteiger partial charge in [-0.25, -0.2) is 8.78 Å². The molecule has 2 aliphatic heterocycles. The summed E-state index contributed by atoms with van der Waals surface area (Å²) in [6.07, 6.45) is 1.04. The van der Waals surface area contributed by atoms with Crippen molar-refractivity contribution in [1.82, 2.24) is 8.61 Å². The number of anilines is 2. The molecule has 18 heteroatoms. The Morgan fingerprint density at radius 1 is 0.814 bits per heavy atom. The largest absolute Gasteiger partial charge is 1.00 e. The molecule has 13 nitrogen and oxygen atoms in total. The van der Waals surface area contributed by atoms with E-state index in [1.54, 1.807) is 6.92 Å². The number of ether oxygens (including phenoxy) is 1. The van der Waals surface area contributed by atoms with Gasteiger partial charge in [-0.3, -0.25) is 18.2 Å². The Morgan fingerprint density at radius 3 is 1.60 bits per heavy atom. The molecule has 236 valence electrons. The van der Waals surface area contributed by atoms with E-state index in [-0.39, 0.29) is 82.5 Å². The van der Waals surface area contributed by atoms with Crippen LogP contribution in [0.2, 0.25) is 0 Å². The van der Waals surface area contributed by atoms with Crippen molar-refractivity contribution in [3.05, 3.63) is 60.2 Å². The molecule has 0 bridgehead atoms. The number of benzene rings is 2. The second kappa shape index (κ2) is 17.5. The summed E-state index contributed by atoms with van der Waals surface area (Å²) in [5.41, 5.74) is 0.457. The Morgan fingerprint density at radius 2 is 1.23 bits per heavy atom. The summed E-state index contributed by atoms with van der Waals surface area (Å²) < 4.78 is 84.7. The fourth-order valence-corrected chi connectivity index (χ4v) is 7.43. The molecule has 2 aromatic rings. The molecule has 2 saturated heterocycles. The molecule has 2 N–H and O–H groups in total. The second-order valence-corrected chi connectivity index (χ2v) is 12.4. The van der Waals surface area contributed by atoms with Crippen LogP contribution >= 0.6 is 0 Å². The van der Waals surface area contributed by atoms with Crippen LogP contribution in [-0.2, 0) is 34.7 Å². The Labute approximate surface area is 262 Å². The first-order chi connectivity index (χ1) is 18.9.